The van der Waals surface area contributed by atoms with Crippen LogP contribution < -0.4 is 4.90 Å². The Morgan fingerprint density at radius 1 is 0.590 bits per heavy atom. The van der Waals surface area contributed by atoms with Crippen LogP contribution in [0.2, 0.25) is 0 Å². The smallest absolute Gasteiger partial charge is 0.303 e. The zero-order valence-electron chi connectivity index (χ0n) is 35.5. The topological polar surface area (TPSA) is 80.9 Å². The maximum absolute atomic E-state index is 11.4. The molecule has 0 bridgehead atoms. The number of nitrogens with zero attached hydrogens (tertiary/aromatic N) is 2. The number of benzene rings is 6. The summed E-state index contributed by atoms with van der Waals surface area (Å²) in [4.78, 5) is 25.3. The third-order valence-corrected chi connectivity index (χ3v) is 13.1. The van der Waals surface area contributed by atoms with Crippen molar-refractivity contribution in [3.63, 3.8) is 0 Å². The van der Waals surface area contributed by atoms with Gasteiger partial charge in [0.2, 0.25) is 5.69 Å². The molecule has 6 nitrogen and oxygen atoms in total. The van der Waals surface area contributed by atoms with Gasteiger partial charge in [0.05, 0.1) is 5.41 Å². The summed E-state index contributed by atoms with van der Waals surface area (Å²) in [6.45, 7) is 6.39. The van der Waals surface area contributed by atoms with E-state index in [9.17, 15) is 19.8 Å². The number of allylic oxidation sites excluding steroid dienone is 4. The number of hydrogen-bond donors (Lipinski definition) is 2. The first-order chi connectivity index (χ1) is 29.7. The lowest BCUT2D eigenvalue weighted by atomic mass is 9.73. The average Bonchev–Trinajstić information content (AvgIpc) is 3.64. The van der Waals surface area contributed by atoms with E-state index in [2.05, 4.69) is 175 Å². The van der Waals surface area contributed by atoms with Gasteiger partial charge in [0.15, 0.2) is 5.71 Å². The summed E-state index contributed by atoms with van der Waals surface area (Å²) >= 11 is 0. The predicted octanol–water partition coefficient (Wildman–Crippen LogP) is 12.3. The van der Waals surface area contributed by atoms with Crippen LogP contribution in [0.25, 0.3) is 21.5 Å². The van der Waals surface area contributed by atoms with E-state index in [1.165, 1.54) is 66.6 Å². The van der Waals surface area contributed by atoms with Crippen LogP contribution in [0.15, 0.2) is 157 Å². The van der Waals surface area contributed by atoms with Crippen LogP contribution in [0.1, 0.15) is 87.5 Å². The van der Waals surface area contributed by atoms with Gasteiger partial charge < -0.3 is 15.1 Å². The molecule has 0 amide bonds. The molecule has 0 saturated heterocycles. The Morgan fingerprint density at radius 3 is 1.75 bits per heavy atom. The van der Waals surface area contributed by atoms with E-state index in [0.29, 0.717) is 12.8 Å². The van der Waals surface area contributed by atoms with Crippen molar-refractivity contribution in [3.05, 3.63) is 180 Å². The molecule has 0 spiro atoms. The zero-order chi connectivity index (χ0) is 42.4. The molecule has 0 aliphatic carbocycles. The lowest BCUT2D eigenvalue weighted by Crippen LogP contribution is -2.34. The van der Waals surface area contributed by atoms with Crippen LogP contribution in [0, 0.1) is 0 Å². The molecule has 2 unspecified atom stereocenters. The molecule has 2 N–H and O–H groups in total. The number of hydrogen-bond acceptors (Lipinski definition) is 3. The SMILES string of the molecule is CC1(Cc2ccccc2)C(/C=C/C=C2/N(CCCCCC(=O)O)c3ccc4ccccc4c3C2(C)Cc2ccccc2)=[N+](CCCCCC(=O)O)c2ccc3ccccc3c21. The van der Waals surface area contributed by atoms with E-state index in [1.807, 2.05) is 0 Å². The second kappa shape index (κ2) is 18.1. The second-order valence-corrected chi connectivity index (χ2v) is 17.4. The Bertz CT molecular complexity index is 2650. The third-order valence-electron chi connectivity index (χ3n) is 13.1. The molecule has 0 radical (unpaired) electrons. The molecule has 6 aromatic rings. The quantitative estimate of drug-likeness (QED) is 0.0668. The van der Waals surface area contributed by atoms with Crippen LogP contribution in [0.3, 0.4) is 0 Å². The number of fused-ring (bicyclic) bond motifs is 6. The minimum absolute atomic E-state index is 0.187. The van der Waals surface area contributed by atoms with Crippen molar-refractivity contribution in [1.82, 2.24) is 0 Å². The zero-order valence-corrected chi connectivity index (χ0v) is 35.5. The number of carboxylic acids is 2. The lowest BCUT2D eigenvalue weighted by molar-refractivity contribution is -0.438. The molecule has 6 aromatic carbocycles. The van der Waals surface area contributed by atoms with Crippen LogP contribution in [-0.4, -0.2) is 45.5 Å². The summed E-state index contributed by atoms with van der Waals surface area (Å²) in [5.41, 5.74) is 9.43. The average molecular weight is 810 g/mol. The number of aliphatic carboxylic acids is 2. The lowest BCUT2D eigenvalue weighted by Gasteiger charge is -2.31. The summed E-state index contributed by atoms with van der Waals surface area (Å²) in [5.74, 6) is -1.49. The van der Waals surface area contributed by atoms with Crippen LogP contribution in [0.5, 0.6) is 0 Å². The Labute approximate surface area is 360 Å². The maximum Gasteiger partial charge on any atom is 0.303 e. The second-order valence-electron chi connectivity index (χ2n) is 17.4. The molecule has 2 aliphatic rings. The van der Waals surface area contributed by atoms with Gasteiger partial charge in [-0.25, -0.2) is 0 Å². The van der Waals surface area contributed by atoms with Crippen molar-refractivity contribution in [2.24, 2.45) is 0 Å². The van der Waals surface area contributed by atoms with Crippen LogP contribution in [-0.2, 0) is 33.3 Å². The summed E-state index contributed by atoms with van der Waals surface area (Å²) in [6.07, 6.45) is 13.8. The van der Waals surface area contributed by atoms with Crippen molar-refractivity contribution < 1.29 is 24.4 Å². The van der Waals surface area contributed by atoms with Gasteiger partial charge in [0, 0.05) is 60.3 Å². The summed E-state index contributed by atoms with van der Waals surface area (Å²) in [5, 5.41) is 23.7. The molecule has 0 fully saturated rings. The molecule has 61 heavy (non-hydrogen) atoms. The van der Waals surface area contributed by atoms with E-state index in [1.54, 1.807) is 0 Å². The van der Waals surface area contributed by atoms with Gasteiger partial charge in [-0.2, -0.15) is 4.58 Å². The van der Waals surface area contributed by atoms with Gasteiger partial charge >= 0.3 is 11.9 Å². The Balaban J connectivity index is 1.27. The fourth-order valence-electron chi connectivity index (χ4n) is 10.3. The molecular weight excluding hydrogens is 753 g/mol. The monoisotopic (exact) mass is 809 g/mol. The highest BCUT2D eigenvalue weighted by molar-refractivity contribution is 6.08. The fraction of sp³-hybridized carbons (Fsp3) is 0.291. The number of carbonyl (C=O) groups is 2. The van der Waals surface area contributed by atoms with Crippen molar-refractivity contribution in [3.8, 4) is 0 Å². The van der Waals surface area contributed by atoms with Gasteiger partial charge in [-0.3, -0.25) is 9.59 Å². The van der Waals surface area contributed by atoms with Gasteiger partial charge in [0.1, 0.15) is 6.54 Å². The number of unbranched alkanes of at least 4 members (excludes halogenated alkanes) is 4. The summed E-state index contributed by atoms with van der Waals surface area (Å²) in [7, 11) is 0. The number of carboxylic acid groups (broad SMARTS) is 2. The molecule has 6 heteroatoms. The highest BCUT2D eigenvalue weighted by Gasteiger charge is 2.49. The summed E-state index contributed by atoms with van der Waals surface area (Å²) in [6, 6.07) is 48.1. The van der Waals surface area contributed by atoms with E-state index < -0.39 is 11.9 Å². The van der Waals surface area contributed by atoms with Crippen molar-refractivity contribution in [2.45, 2.75) is 88.9 Å². The normalized spacial score (nSPS) is 19.0. The highest BCUT2D eigenvalue weighted by Crippen LogP contribution is 2.53. The van der Waals surface area contributed by atoms with Crippen molar-refractivity contribution >= 4 is 50.6 Å². The minimum Gasteiger partial charge on any atom is -0.481 e. The van der Waals surface area contributed by atoms with E-state index in [0.717, 1.165) is 51.6 Å². The van der Waals surface area contributed by atoms with Crippen molar-refractivity contribution in [2.75, 3.05) is 18.0 Å². The van der Waals surface area contributed by atoms with Crippen LogP contribution in [0.4, 0.5) is 11.4 Å². The van der Waals surface area contributed by atoms with E-state index in [4.69, 9.17) is 0 Å². The van der Waals surface area contributed by atoms with Gasteiger partial charge in [-0.15, -0.1) is 0 Å². The number of anilines is 1. The Morgan fingerprint density at radius 2 is 1.13 bits per heavy atom. The summed E-state index contributed by atoms with van der Waals surface area (Å²) < 4.78 is 2.51. The maximum atomic E-state index is 11.4. The largest absolute Gasteiger partial charge is 0.481 e. The minimum atomic E-state index is -0.743. The first-order valence-electron chi connectivity index (χ1n) is 22.0. The standard InChI is InChI=1S/C55H56N2O4/c1-54(38-40-20-7-3-8-21-40)48(56(36-17-5-11-30-50(58)59)46-34-32-42-24-13-15-26-44(42)52(46)54)28-19-29-49-55(2,39-41-22-9-4-10-23-41)53-45-27-16-14-25-43(45)33-35-47(53)57(49)37-18-6-12-31-51(60)61/h3-4,7-10,13-16,19-29,32-35H,5-6,11-12,17-18,30-31,36-39H2,1-2H3,(H-,58,59,60,61)/p+1. The first kappa shape index (κ1) is 41.5. The highest BCUT2D eigenvalue weighted by atomic mass is 16.4. The number of rotatable bonds is 18. The predicted molar refractivity (Wildman–Crippen MR) is 249 cm³/mol. The molecular formula is C55H57N2O4+. The first-order valence-corrected chi connectivity index (χ1v) is 22.0. The van der Waals surface area contributed by atoms with Gasteiger partial charge in [-0.05, 0) is 109 Å². The fourth-order valence-corrected chi connectivity index (χ4v) is 10.3. The van der Waals surface area contributed by atoms with Gasteiger partial charge in [0.25, 0.3) is 0 Å². The third kappa shape index (κ3) is 8.54. The molecule has 2 atom stereocenters. The Hall–Kier alpha value is -6.27. The van der Waals surface area contributed by atoms with E-state index >= 15 is 0 Å². The van der Waals surface area contributed by atoms with E-state index in [-0.39, 0.29) is 23.7 Å². The Kier molecular flexibility index (Phi) is 12.3. The van der Waals surface area contributed by atoms with Crippen molar-refractivity contribution in [1.29, 1.82) is 0 Å². The molecule has 0 saturated carbocycles. The molecule has 2 heterocycles. The van der Waals surface area contributed by atoms with Gasteiger partial charge in [-0.1, -0.05) is 128 Å². The van der Waals surface area contributed by atoms with Crippen LogP contribution >= 0.6 is 0 Å². The molecule has 8 rings (SSSR count). The molecule has 310 valence electrons. The molecule has 2 aliphatic heterocycles. The molecule has 0 aromatic heterocycles.